The minimum Gasteiger partial charge on any atom is -0.399 e. The van der Waals surface area contributed by atoms with Gasteiger partial charge in [-0.15, -0.1) is 0 Å². The van der Waals surface area contributed by atoms with Crippen molar-refractivity contribution in [1.82, 2.24) is 0 Å². The van der Waals surface area contributed by atoms with Gasteiger partial charge in [-0.3, -0.25) is 0 Å². The van der Waals surface area contributed by atoms with Crippen molar-refractivity contribution in [2.24, 2.45) is 5.14 Å². The van der Waals surface area contributed by atoms with Crippen molar-refractivity contribution in [3.05, 3.63) is 18.2 Å². The summed E-state index contributed by atoms with van der Waals surface area (Å²) in [5.74, 6) is 0. The summed E-state index contributed by atoms with van der Waals surface area (Å²) in [6, 6.07) is 4.87. The molecule has 5 nitrogen and oxygen atoms in total. The summed E-state index contributed by atoms with van der Waals surface area (Å²) in [5, 5.41) is 5.22. The molecule has 94 valence electrons. The lowest BCUT2D eigenvalue weighted by Gasteiger charge is -2.30. The third-order valence-electron chi connectivity index (χ3n) is 2.99. The van der Waals surface area contributed by atoms with Crippen LogP contribution < -0.4 is 15.8 Å². The van der Waals surface area contributed by atoms with Gasteiger partial charge in [0.2, 0.25) is 10.0 Å². The first-order chi connectivity index (χ1) is 7.98. The highest BCUT2D eigenvalue weighted by Gasteiger charge is 2.20. The van der Waals surface area contributed by atoms with Crippen molar-refractivity contribution in [2.45, 2.75) is 24.2 Å². The van der Waals surface area contributed by atoms with Crippen LogP contribution in [0.15, 0.2) is 23.1 Å². The summed E-state index contributed by atoms with van der Waals surface area (Å²) < 4.78 is 23.1. The number of nitrogens with zero attached hydrogens (tertiary/aromatic N) is 1. The van der Waals surface area contributed by atoms with E-state index < -0.39 is 10.0 Å². The van der Waals surface area contributed by atoms with E-state index in [0.717, 1.165) is 25.9 Å². The Kier molecular flexibility index (Phi) is 3.26. The van der Waals surface area contributed by atoms with Gasteiger partial charge in [0, 0.05) is 18.8 Å². The summed E-state index contributed by atoms with van der Waals surface area (Å²) in [6.07, 6.45) is 3.35. The quantitative estimate of drug-likeness (QED) is 0.768. The minimum atomic E-state index is -3.73. The number of rotatable bonds is 2. The average molecular weight is 255 g/mol. The molecule has 1 aliphatic heterocycles. The van der Waals surface area contributed by atoms with Crippen molar-refractivity contribution in [1.29, 1.82) is 0 Å². The Morgan fingerprint density at radius 1 is 1.12 bits per heavy atom. The van der Waals surface area contributed by atoms with Crippen molar-refractivity contribution >= 4 is 21.4 Å². The van der Waals surface area contributed by atoms with Gasteiger partial charge in [-0.2, -0.15) is 0 Å². The number of primary sulfonamides is 1. The Bertz CT molecular complexity index is 507. The van der Waals surface area contributed by atoms with Crippen LogP contribution in [-0.2, 0) is 10.0 Å². The smallest absolute Gasteiger partial charge is 0.240 e. The summed E-state index contributed by atoms with van der Waals surface area (Å²) >= 11 is 0. The van der Waals surface area contributed by atoms with Crippen LogP contribution in [0.5, 0.6) is 0 Å². The molecular formula is C11H17N3O2S. The minimum absolute atomic E-state index is 0.124. The molecule has 0 radical (unpaired) electrons. The van der Waals surface area contributed by atoms with Crippen molar-refractivity contribution < 1.29 is 8.42 Å². The first-order valence-corrected chi connectivity index (χ1v) is 7.20. The van der Waals surface area contributed by atoms with E-state index in [4.69, 9.17) is 10.9 Å². The van der Waals surface area contributed by atoms with E-state index in [-0.39, 0.29) is 4.90 Å². The molecule has 0 amide bonds. The molecule has 4 N–H and O–H groups in total. The molecule has 0 aromatic heterocycles. The van der Waals surface area contributed by atoms with Crippen LogP contribution in [0.1, 0.15) is 19.3 Å². The molecule has 1 aliphatic rings. The van der Waals surface area contributed by atoms with E-state index in [9.17, 15) is 8.42 Å². The number of piperidine rings is 1. The van der Waals surface area contributed by atoms with Gasteiger partial charge >= 0.3 is 0 Å². The molecule has 0 atom stereocenters. The van der Waals surface area contributed by atoms with E-state index in [1.54, 1.807) is 12.1 Å². The SMILES string of the molecule is Nc1ccc(N2CCCCC2)c(S(N)(=O)=O)c1. The van der Waals surface area contributed by atoms with Crippen molar-refractivity contribution in [2.75, 3.05) is 23.7 Å². The molecule has 1 aromatic rings. The number of sulfonamides is 1. The molecule has 0 saturated carbocycles. The Labute approximate surface area is 101 Å². The van der Waals surface area contributed by atoms with E-state index in [0.29, 0.717) is 11.4 Å². The molecule has 17 heavy (non-hydrogen) atoms. The van der Waals surface area contributed by atoms with Crippen LogP contribution in [0.4, 0.5) is 11.4 Å². The van der Waals surface area contributed by atoms with E-state index in [1.807, 2.05) is 0 Å². The zero-order valence-corrected chi connectivity index (χ0v) is 10.4. The Morgan fingerprint density at radius 3 is 2.35 bits per heavy atom. The lowest BCUT2D eigenvalue weighted by Crippen LogP contribution is -2.31. The normalized spacial score (nSPS) is 17.1. The third-order valence-corrected chi connectivity index (χ3v) is 3.93. The van der Waals surface area contributed by atoms with Crippen LogP contribution in [0.25, 0.3) is 0 Å². The highest BCUT2D eigenvalue weighted by molar-refractivity contribution is 7.89. The molecule has 6 heteroatoms. The molecule has 0 bridgehead atoms. The Balaban J connectivity index is 2.45. The Hall–Kier alpha value is -1.27. The number of hydrogen-bond donors (Lipinski definition) is 2. The third kappa shape index (κ3) is 2.70. The molecule has 1 aromatic carbocycles. The second-order valence-electron chi connectivity index (χ2n) is 4.32. The fourth-order valence-corrected chi connectivity index (χ4v) is 2.94. The maximum atomic E-state index is 11.5. The molecular weight excluding hydrogens is 238 g/mol. The van der Waals surface area contributed by atoms with Crippen LogP contribution in [0.2, 0.25) is 0 Å². The van der Waals surface area contributed by atoms with Crippen LogP contribution in [0.3, 0.4) is 0 Å². The topological polar surface area (TPSA) is 89.4 Å². The summed E-state index contributed by atoms with van der Waals surface area (Å²) in [5.41, 5.74) is 6.69. The van der Waals surface area contributed by atoms with E-state index >= 15 is 0 Å². The van der Waals surface area contributed by atoms with E-state index in [1.165, 1.54) is 12.5 Å². The number of nitrogen functional groups attached to an aromatic ring is 1. The van der Waals surface area contributed by atoms with Crippen molar-refractivity contribution in [3.8, 4) is 0 Å². The largest absolute Gasteiger partial charge is 0.399 e. The molecule has 0 spiro atoms. The van der Waals surface area contributed by atoms with Gasteiger partial charge in [0.25, 0.3) is 0 Å². The number of benzene rings is 1. The summed E-state index contributed by atoms with van der Waals surface area (Å²) in [7, 11) is -3.73. The molecule has 1 heterocycles. The molecule has 0 aliphatic carbocycles. The number of anilines is 2. The molecule has 0 unspecified atom stereocenters. The highest BCUT2D eigenvalue weighted by atomic mass is 32.2. The molecule has 1 fully saturated rings. The summed E-state index contributed by atoms with van der Waals surface area (Å²) in [4.78, 5) is 2.18. The lowest BCUT2D eigenvalue weighted by molar-refractivity contribution is 0.571. The maximum Gasteiger partial charge on any atom is 0.240 e. The first kappa shape index (κ1) is 12.2. The van der Waals surface area contributed by atoms with Gasteiger partial charge in [0.15, 0.2) is 0 Å². The predicted molar refractivity (Wildman–Crippen MR) is 68.3 cm³/mol. The Morgan fingerprint density at radius 2 is 1.76 bits per heavy atom. The second-order valence-corrected chi connectivity index (χ2v) is 5.85. The number of nitrogens with two attached hydrogens (primary N) is 2. The van der Waals surface area contributed by atoms with Gasteiger partial charge < -0.3 is 10.6 Å². The fourth-order valence-electron chi connectivity index (χ4n) is 2.15. The standard InChI is InChI=1S/C11H17N3O2S/c12-9-4-5-10(11(8-9)17(13,15)16)14-6-2-1-3-7-14/h4-5,8H,1-3,6-7,12H2,(H2,13,15,16). The first-order valence-electron chi connectivity index (χ1n) is 5.66. The van der Waals surface area contributed by atoms with Crippen LogP contribution >= 0.6 is 0 Å². The van der Waals surface area contributed by atoms with Gasteiger partial charge in [0.05, 0.1) is 5.69 Å². The van der Waals surface area contributed by atoms with Gasteiger partial charge in [-0.25, -0.2) is 13.6 Å². The lowest BCUT2D eigenvalue weighted by atomic mass is 10.1. The highest BCUT2D eigenvalue weighted by Crippen LogP contribution is 2.28. The predicted octanol–water partition coefficient (Wildman–Crippen LogP) is 0.906. The van der Waals surface area contributed by atoms with E-state index in [2.05, 4.69) is 4.90 Å². The van der Waals surface area contributed by atoms with Crippen LogP contribution in [-0.4, -0.2) is 21.5 Å². The number of hydrogen-bond acceptors (Lipinski definition) is 4. The average Bonchev–Trinajstić information content (AvgIpc) is 2.29. The van der Waals surface area contributed by atoms with Gasteiger partial charge in [-0.1, -0.05) is 0 Å². The molecule has 2 rings (SSSR count). The monoisotopic (exact) mass is 255 g/mol. The summed E-state index contributed by atoms with van der Waals surface area (Å²) in [6.45, 7) is 1.73. The fraction of sp³-hybridized carbons (Fsp3) is 0.455. The van der Waals surface area contributed by atoms with Crippen LogP contribution in [0, 0.1) is 0 Å². The van der Waals surface area contributed by atoms with Gasteiger partial charge in [0.1, 0.15) is 4.90 Å². The maximum absolute atomic E-state index is 11.5. The van der Waals surface area contributed by atoms with Crippen molar-refractivity contribution in [3.63, 3.8) is 0 Å². The zero-order chi connectivity index (χ0) is 12.5. The second kappa shape index (κ2) is 4.54. The molecule has 1 saturated heterocycles. The van der Waals surface area contributed by atoms with Gasteiger partial charge in [-0.05, 0) is 37.5 Å². The zero-order valence-electron chi connectivity index (χ0n) is 9.59.